The van der Waals surface area contributed by atoms with Crippen molar-refractivity contribution in [2.24, 2.45) is 0 Å². The maximum absolute atomic E-state index is 12.3. The fourth-order valence-corrected chi connectivity index (χ4v) is 1.58. The number of rotatable bonds is 3. The van der Waals surface area contributed by atoms with Gasteiger partial charge in [-0.1, -0.05) is 12.1 Å². The highest BCUT2D eigenvalue weighted by atomic mass is 28.4. The Morgan fingerprint density at radius 3 is 2.00 bits per heavy atom. The summed E-state index contributed by atoms with van der Waals surface area (Å²) in [4.78, 5) is 0. The summed E-state index contributed by atoms with van der Waals surface area (Å²) in [5, 5.41) is 0. The lowest BCUT2D eigenvalue weighted by Gasteiger charge is -2.14. The van der Waals surface area contributed by atoms with Crippen molar-refractivity contribution in [3.05, 3.63) is 41.7 Å². The molecule has 0 fully saturated rings. The molecule has 94 valence electrons. The van der Waals surface area contributed by atoms with Crippen molar-refractivity contribution in [3.8, 4) is 0 Å². The van der Waals surface area contributed by atoms with E-state index in [4.69, 9.17) is 4.43 Å². The zero-order chi connectivity index (χ0) is 13.1. The highest BCUT2D eigenvalue weighted by molar-refractivity contribution is 6.69. The van der Waals surface area contributed by atoms with E-state index >= 15 is 0 Å². The minimum Gasteiger partial charge on any atom is -0.550 e. The Balaban J connectivity index is 2.69. The second-order valence-corrected chi connectivity index (χ2v) is 9.11. The van der Waals surface area contributed by atoms with Crippen LogP contribution in [0.15, 0.2) is 30.5 Å². The van der Waals surface area contributed by atoms with E-state index < -0.39 is 20.1 Å². The van der Waals surface area contributed by atoms with Gasteiger partial charge in [-0.05, 0) is 43.4 Å². The molecule has 0 atom stereocenters. The van der Waals surface area contributed by atoms with Gasteiger partial charge in [0, 0.05) is 0 Å². The van der Waals surface area contributed by atoms with Gasteiger partial charge in [0.1, 0.15) is 0 Å². The normalized spacial score (nSPS) is 13.1. The zero-order valence-electron chi connectivity index (χ0n) is 10.0. The van der Waals surface area contributed by atoms with Crippen molar-refractivity contribution in [1.29, 1.82) is 0 Å². The predicted octanol–water partition coefficient (Wildman–Crippen LogP) is 4.53. The van der Waals surface area contributed by atoms with Gasteiger partial charge in [-0.15, -0.1) is 0 Å². The fourth-order valence-electron chi connectivity index (χ4n) is 1.10. The average molecular weight is 260 g/mol. The molecule has 0 unspecified atom stereocenters. The Kier molecular flexibility index (Phi) is 4.03. The van der Waals surface area contributed by atoms with Crippen LogP contribution in [0.5, 0.6) is 0 Å². The first-order chi connectivity index (χ1) is 7.68. The highest BCUT2D eigenvalue weighted by Gasteiger charge is 2.29. The van der Waals surface area contributed by atoms with Crippen molar-refractivity contribution in [2.45, 2.75) is 25.8 Å². The van der Waals surface area contributed by atoms with Gasteiger partial charge in [0.05, 0.1) is 11.8 Å². The topological polar surface area (TPSA) is 9.23 Å². The fraction of sp³-hybridized carbons (Fsp3) is 0.333. The summed E-state index contributed by atoms with van der Waals surface area (Å²) in [6.07, 6.45) is -1.07. The number of benzene rings is 1. The van der Waals surface area contributed by atoms with Crippen LogP contribution in [0.1, 0.15) is 11.1 Å². The summed E-state index contributed by atoms with van der Waals surface area (Å²) < 4.78 is 42.3. The van der Waals surface area contributed by atoms with Crippen LogP contribution in [0.25, 0.3) is 6.08 Å². The van der Waals surface area contributed by atoms with E-state index in [9.17, 15) is 13.2 Å². The lowest BCUT2D eigenvalue weighted by Crippen LogP contribution is -2.21. The van der Waals surface area contributed by atoms with Crippen LogP contribution in [0.3, 0.4) is 0 Å². The third-order valence-corrected chi connectivity index (χ3v) is 2.76. The van der Waals surface area contributed by atoms with Gasteiger partial charge in [-0.25, -0.2) is 0 Å². The Labute approximate surface area is 100 Å². The molecule has 1 aromatic carbocycles. The molecule has 5 heteroatoms. The molecule has 0 aliphatic rings. The largest absolute Gasteiger partial charge is 0.550 e. The zero-order valence-corrected chi connectivity index (χ0v) is 11.0. The van der Waals surface area contributed by atoms with Crippen molar-refractivity contribution in [2.75, 3.05) is 0 Å². The van der Waals surface area contributed by atoms with E-state index in [1.54, 1.807) is 12.3 Å². The lowest BCUT2D eigenvalue weighted by atomic mass is 10.1. The summed E-state index contributed by atoms with van der Waals surface area (Å²) in [5.41, 5.74) is 0.0528. The van der Waals surface area contributed by atoms with Gasteiger partial charge in [0.2, 0.25) is 8.32 Å². The first-order valence-corrected chi connectivity index (χ1v) is 8.61. The molecule has 0 heterocycles. The first kappa shape index (κ1) is 13.8. The summed E-state index contributed by atoms with van der Waals surface area (Å²) in [7, 11) is -1.62. The van der Waals surface area contributed by atoms with E-state index in [1.165, 1.54) is 12.1 Å². The molecule has 0 N–H and O–H groups in total. The molecule has 0 radical (unpaired) electrons. The number of alkyl halides is 3. The molecule has 0 aliphatic carbocycles. The van der Waals surface area contributed by atoms with Crippen LogP contribution in [-0.4, -0.2) is 8.32 Å². The Bertz CT molecular complexity index is 388. The maximum atomic E-state index is 12.3. The second-order valence-electron chi connectivity index (χ2n) is 4.65. The van der Waals surface area contributed by atoms with Crippen LogP contribution < -0.4 is 0 Å². The van der Waals surface area contributed by atoms with Gasteiger partial charge in [-0.3, -0.25) is 0 Å². The van der Waals surface area contributed by atoms with Crippen LogP contribution >= 0.6 is 0 Å². The van der Waals surface area contributed by atoms with Crippen LogP contribution in [0, 0.1) is 0 Å². The Hall–Kier alpha value is -1.23. The SMILES string of the molecule is C[Si](C)(C)OC=Cc1ccc(C(F)(F)F)cc1. The molecular formula is C12H15F3OSi. The molecule has 1 rings (SSSR count). The highest BCUT2D eigenvalue weighted by Crippen LogP contribution is 2.29. The van der Waals surface area contributed by atoms with Crippen molar-refractivity contribution < 1.29 is 17.6 Å². The van der Waals surface area contributed by atoms with Crippen molar-refractivity contribution in [1.82, 2.24) is 0 Å². The molecule has 0 saturated carbocycles. The number of halogens is 3. The predicted molar refractivity (Wildman–Crippen MR) is 64.9 cm³/mol. The monoisotopic (exact) mass is 260 g/mol. The summed E-state index contributed by atoms with van der Waals surface area (Å²) in [6, 6.07) is 4.97. The Morgan fingerprint density at radius 2 is 1.59 bits per heavy atom. The third kappa shape index (κ3) is 5.08. The summed E-state index contributed by atoms with van der Waals surface area (Å²) in [5.74, 6) is 0. The molecule has 0 bridgehead atoms. The van der Waals surface area contributed by atoms with Gasteiger partial charge in [0.25, 0.3) is 0 Å². The number of hydrogen-bond acceptors (Lipinski definition) is 1. The van der Waals surface area contributed by atoms with E-state index in [0.29, 0.717) is 5.56 Å². The van der Waals surface area contributed by atoms with Crippen LogP contribution in [0.2, 0.25) is 19.6 Å². The molecule has 0 aliphatic heterocycles. The van der Waals surface area contributed by atoms with E-state index in [2.05, 4.69) is 0 Å². The third-order valence-electron chi connectivity index (χ3n) is 1.92. The average Bonchev–Trinajstić information content (AvgIpc) is 2.15. The quantitative estimate of drug-likeness (QED) is 0.573. The smallest absolute Gasteiger partial charge is 0.416 e. The standard InChI is InChI=1S/C12H15F3OSi/c1-17(2,3)16-9-8-10-4-6-11(7-5-10)12(13,14)15/h4-9H,1-3H3. The summed E-state index contributed by atoms with van der Waals surface area (Å²) in [6.45, 7) is 6.10. The molecule has 0 amide bonds. The van der Waals surface area contributed by atoms with Gasteiger partial charge in [-0.2, -0.15) is 13.2 Å². The second kappa shape index (κ2) is 4.95. The minimum atomic E-state index is -4.28. The molecule has 17 heavy (non-hydrogen) atoms. The van der Waals surface area contributed by atoms with E-state index in [-0.39, 0.29) is 0 Å². The molecule has 1 aromatic rings. The van der Waals surface area contributed by atoms with Crippen molar-refractivity contribution in [3.63, 3.8) is 0 Å². The number of hydrogen-bond donors (Lipinski definition) is 0. The van der Waals surface area contributed by atoms with Gasteiger partial charge >= 0.3 is 6.18 Å². The van der Waals surface area contributed by atoms with Crippen molar-refractivity contribution >= 4 is 14.4 Å². The molecule has 1 nitrogen and oxygen atoms in total. The molecule has 0 aromatic heterocycles. The molecule has 0 spiro atoms. The minimum absolute atomic E-state index is 0.638. The lowest BCUT2D eigenvalue weighted by molar-refractivity contribution is -0.137. The van der Waals surface area contributed by atoms with Gasteiger partial charge in [0.15, 0.2) is 0 Å². The van der Waals surface area contributed by atoms with Crippen LogP contribution in [0.4, 0.5) is 13.2 Å². The van der Waals surface area contributed by atoms with E-state index in [0.717, 1.165) is 12.1 Å². The molecular weight excluding hydrogens is 245 g/mol. The summed E-state index contributed by atoms with van der Waals surface area (Å²) >= 11 is 0. The van der Waals surface area contributed by atoms with Gasteiger partial charge < -0.3 is 4.43 Å². The first-order valence-electron chi connectivity index (χ1n) is 5.20. The Morgan fingerprint density at radius 1 is 1.06 bits per heavy atom. The maximum Gasteiger partial charge on any atom is 0.416 e. The molecule has 0 saturated heterocycles. The van der Waals surface area contributed by atoms with E-state index in [1.807, 2.05) is 19.6 Å². The van der Waals surface area contributed by atoms with Crippen LogP contribution in [-0.2, 0) is 10.6 Å².